The molecule has 1 aromatic carbocycles. The summed E-state index contributed by atoms with van der Waals surface area (Å²) in [5.41, 5.74) is 1.36. The number of hydrogen-bond donors (Lipinski definition) is 1. The Kier molecular flexibility index (Phi) is 3.99. The van der Waals surface area contributed by atoms with E-state index in [1.807, 2.05) is 13.8 Å². The summed E-state index contributed by atoms with van der Waals surface area (Å²) in [7, 11) is 0. The van der Waals surface area contributed by atoms with E-state index in [1.54, 1.807) is 10.7 Å². The maximum Gasteiger partial charge on any atom is 0.259 e. The second-order valence-corrected chi connectivity index (χ2v) is 4.95. The molecule has 0 aliphatic heterocycles. The second-order valence-electron chi connectivity index (χ2n) is 4.04. The van der Waals surface area contributed by atoms with Crippen LogP contribution in [0.2, 0.25) is 0 Å². The van der Waals surface area contributed by atoms with Gasteiger partial charge in [0.25, 0.3) is 5.91 Å². The number of amides is 1. The van der Waals surface area contributed by atoms with E-state index >= 15 is 0 Å². The van der Waals surface area contributed by atoms with Gasteiger partial charge < -0.3 is 5.32 Å². The zero-order valence-electron chi connectivity index (χ0n) is 10.6. The summed E-state index contributed by atoms with van der Waals surface area (Å²) in [6.45, 7) is 4.44. The van der Waals surface area contributed by atoms with Crippen LogP contribution >= 0.6 is 15.9 Å². The van der Waals surface area contributed by atoms with Crippen molar-refractivity contribution in [1.29, 1.82) is 0 Å². The summed E-state index contributed by atoms with van der Waals surface area (Å²) < 4.78 is 16.0. The van der Waals surface area contributed by atoms with Crippen molar-refractivity contribution < 1.29 is 9.18 Å². The van der Waals surface area contributed by atoms with Crippen LogP contribution in [0.3, 0.4) is 0 Å². The van der Waals surface area contributed by atoms with Crippen molar-refractivity contribution in [2.75, 3.05) is 5.32 Å². The lowest BCUT2D eigenvalue weighted by Gasteiger charge is -2.06. The standard InChI is InChI=1S/C13H13BrFN3O/c1-3-18-8(2)10(7-16-18)13(19)17-12-5-4-9(14)6-11(12)15/h4-7H,3H2,1-2H3,(H,17,19). The molecule has 0 spiro atoms. The van der Waals surface area contributed by atoms with Crippen molar-refractivity contribution in [1.82, 2.24) is 9.78 Å². The molecule has 1 aromatic heterocycles. The third-order valence-electron chi connectivity index (χ3n) is 2.83. The number of halogens is 2. The highest BCUT2D eigenvalue weighted by Gasteiger charge is 2.15. The first kappa shape index (κ1) is 13.7. The number of nitrogens with zero attached hydrogens (tertiary/aromatic N) is 2. The van der Waals surface area contributed by atoms with Gasteiger partial charge in [0, 0.05) is 16.7 Å². The number of aryl methyl sites for hydroxylation is 1. The zero-order valence-corrected chi connectivity index (χ0v) is 12.2. The molecule has 0 saturated carbocycles. The summed E-state index contributed by atoms with van der Waals surface area (Å²) in [6.07, 6.45) is 1.49. The molecular weight excluding hydrogens is 313 g/mol. The monoisotopic (exact) mass is 325 g/mol. The van der Waals surface area contributed by atoms with Gasteiger partial charge in [0.2, 0.25) is 0 Å². The normalized spacial score (nSPS) is 10.5. The molecule has 1 amide bonds. The van der Waals surface area contributed by atoms with Gasteiger partial charge in [0.1, 0.15) is 5.82 Å². The molecule has 2 rings (SSSR count). The molecule has 4 nitrogen and oxygen atoms in total. The first-order valence-corrected chi connectivity index (χ1v) is 6.61. The molecule has 0 aliphatic rings. The maximum absolute atomic E-state index is 13.6. The number of rotatable bonds is 3. The number of aromatic nitrogens is 2. The number of benzene rings is 1. The average molecular weight is 326 g/mol. The van der Waals surface area contributed by atoms with Crippen molar-refractivity contribution >= 4 is 27.5 Å². The predicted molar refractivity (Wildman–Crippen MR) is 74.7 cm³/mol. The molecular formula is C13H13BrFN3O. The van der Waals surface area contributed by atoms with Gasteiger partial charge in [-0.1, -0.05) is 15.9 Å². The predicted octanol–water partition coefficient (Wildman–Crippen LogP) is 3.37. The lowest BCUT2D eigenvalue weighted by Crippen LogP contribution is -2.14. The molecule has 0 fully saturated rings. The van der Waals surface area contributed by atoms with Crippen molar-refractivity contribution in [2.45, 2.75) is 20.4 Å². The van der Waals surface area contributed by atoms with Crippen LogP contribution in [0.15, 0.2) is 28.9 Å². The van der Waals surface area contributed by atoms with Gasteiger partial charge in [-0.2, -0.15) is 5.10 Å². The fourth-order valence-electron chi connectivity index (χ4n) is 1.77. The van der Waals surface area contributed by atoms with Gasteiger partial charge in [-0.15, -0.1) is 0 Å². The highest BCUT2D eigenvalue weighted by molar-refractivity contribution is 9.10. The van der Waals surface area contributed by atoms with Gasteiger partial charge in [-0.3, -0.25) is 9.48 Å². The van der Waals surface area contributed by atoms with Crippen molar-refractivity contribution in [3.8, 4) is 0 Å². The summed E-state index contributed by atoms with van der Waals surface area (Å²) in [4.78, 5) is 12.1. The number of anilines is 1. The lowest BCUT2D eigenvalue weighted by molar-refractivity contribution is 0.102. The fraction of sp³-hybridized carbons (Fsp3) is 0.231. The highest BCUT2D eigenvalue weighted by atomic mass is 79.9. The van der Waals surface area contributed by atoms with Crippen molar-refractivity contribution in [3.05, 3.63) is 45.9 Å². The summed E-state index contributed by atoms with van der Waals surface area (Å²) in [5, 5.41) is 6.63. The molecule has 1 heterocycles. The molecule has 0 saturated heterocycles. The second kappa shape index (κ2) is 5.52. The Morgan fingerprint density at radius 1 is 1.53 bits per heavy atom. The van der Waals surface area contributed by atoms with Crippen LogP contribution in [-0.4, -0.2) is 15.7 Å². The molecule has 1 N–H and O–H groups in total. The summed E-state index contributed by atoms with van der Waals surface area (Å²) in [5.74, 6) is -0.846. The van der Waals surface area contributed by atoms with E-state index in [0.717, 1.165) is 5.69 Å². The Labute approximate surface area is 118 Å². The van der Waals surface area contributed by atoms with E-state index in [0.29, 0.717) is 16.6 Å². The molecule has 0 unspecified atom stereocenters. The summed E-state index contributed by atoms with van der Waals surface area (Å²) >= 11 is 3.17. The van der Waals surface area contributed by atoms with Crippen LogP contribution in [0.5, 0.6) is 0 Å². The van der Waals surface area contributed by atoms with E-state index in [4.69, 9.17) is 0 Å². The van der Waals surface area contributed by atoms with E-state index < -0.39 is 5.82 Å². The van der Waals surface area contributed by atoms with Gasteiger partial charge in [0.05, 0.1) is 17.4 Å². The Hall–Kier alpha value is -1.69. The van der Waals surface area contributed by atoms with E-state index in [1.165, 1.54) is 18.3 Å². The smallest absolute Gasteiger partial charge is 0.259 e. The Bertz CT molecular complexity index is 624. The SMILES string of the molecule is CCn1ncc(C(=O)Nc2ccc(Br)cc2F)c1C. The summed E-state index contributed by atoms with van der Waals surface area (Å²) in [6, 6.07) is 4.48. The van der Waals surface area contributed by atoms with Crippen molar-refractivity contribution in [3.63, 3.8) is 0 Å². The first-order chi connectivity index (χ1) is 9.02. The number of carbonyl (C=O) groups is 1. The average Bonchev–Trinajstić information content (AvgIpc) is 2.74. The minimum absolute atomic E-state index is 0.150. The zero-order chi connectivity index (χ0) is 14.0. The van der Waals surface area contributed by atoms with Gasteiger partial charge >= 0.3 is 0 Å². The third-order valence-corrected chi connectivity index (χ3v) is 3.32. The fourth-order valence-corrected chi connectivity index (χ4v) is 2.10. The van der Waals surface area contributed by atoms with E-state index in [2.05, 4.69) is 26.3 Å². The van der Waals surface area contributed by atoms with Crippen LogP contribution in [0.4, 0.5) is 10.1 Å². The largest absolute Gasteiger partial charge is 0.319 e. The van der Waals surface area contributed by atoms with Crippen molar-refractivity contribution in [2.24, 2.45) is 0 Å². The minimum Gasteiger partial charge on any atom is -0.319 e. The number of hydrogen-bond acceptors (Lipinski definition) is 2. The third kappa shape index (κ3) is 2.84. The van der Waals surface area contributed by atoms with Crippen LogP contribution in [0, 0.1) is 12.7 Å². The van der Waals surface area contributed by atoms with Gasteiger partial charge in [-0.25, -0.2) is 4.39 Å². The lowest BCUT2D eigenvalue weighted by atomic mass is 10.2. The van der Waals surface area contributed by atoms with Crippen LogP contribution in [-0.2, 0) is 6.54 Å². The van der Waals surface area contributed by atoms with Gasteiger partial charge in [0.15, 0.2) is 0 Å². The topological polar surface area (TPSA) is 46.9 Å². The number of nitrogens with one attached hydrogen (secondary N) is 1. The highest BCUT2D eigenvalue weighted by Crippen LogP contribution is 2.20. The molecule has 2 aromatic rings. The molecule has 100 valence electrons. The Morgan fingerprint density at radius 3 is 2.84 bits per heavy atom. The van der Waals surface area contributed by atoms with Crippen LogP contribution in [0.25, 0.3) is 0 Å². The first-order valence-electron chi connectivity index (χ1n) is 5.81. The van der Waals surface area contributed by atoms with E-state index in [-0.39, 0.29) is 11.6 Å². The minimum atomic E-state index is -0.483. The molecule has 0 aliphatic carbocycles. The molecule has 0 bridgehead atoms. The Morgan fingerprint density at radius 2 is 2.26 bits per heavy atom. The Balaban J connectivity index is 2.23. The molecule has 0 radical (unpaired) electrons. The van der Waals surface area contributed by atoms with Gasteiger partial charge in [-0.05, 0) is 32.0 Å². The van der Waals surface area contributed by atoms with E-state index in [9.17, 15) is 9.18 Å². The van der Waals surface area contributed by atoms with Crippen LogP contribution < -0.4 is 5.32 Å². The maximum atomic E-state index is 13.6. The van der Waals surface area contributed by atoms with Crippen LogP contribution in [0.1, 0.15) is 23.0 Å². The molecule has 19 heavy (non-hydrogen) atoms. The molecule has 0 atom stereocenters. The quantitative estimate of drug-likeness (QED) is 0.940. The molecule has 6 heteroatoms. The number of carbonyl (C=O) groups excluding carboxylic acids is 1.